The summed E-state index contributed by atoms with van der Waals surface area (Å²) in [5.41, 5.74) is 3.53. The number of nitrogens with one attached hydrogen (secondary N) is 5. The Bertz CT molecular complexity index is 3570. The number of benzene rings is 5. The number of rotatable bonds is 24. The number of ketones is 1. The van der Waals surface area contributed by atoms with Crippen molar-refractivity contribution in [1.29, 1.82) is 0 Å². The number of anilines is 1. The van der Waals surface area contributed by atoms with Crippen molar-refractivity contribution in [3.8, 4) is 0 Å². The molecule has 7 atom stereocenters. The average Bonchev–Trinajstić information content (AvgIpc) is 3.61. The van der Waals surface area contributed by atoms with Crippen LogP contribution in [-0.4, -0.2) is 140 Å². The van der Waals surface area contributed by atoms with E-state index in [-0.39, 0.29) is 71.4 Å². The van der Waals surface area contributed by atoms with Gasteiger partial charge in [-0.15, -0.1) is 5.10 Å². The zero-order chi connectivity index (χ0) is 59.0. The molecule has 440 valence electrons. The highest BCUT2D eigenvalue weighted by Crippen LogP contribution is 2.41. The number of hydrogen-bond donors (Lipinski definition) is 6. The Morgan fingerprint density at radius 1 is 0.783 bits per heavy atom. The van der Waals surface area contributed by atoms with E-state index >= 15 is 0 Å². The maximum Gasteiger partial charge on any atom is 0.315 e. The molecule has 2 fully saturated rings. The molecule has 0 saturated carbocycles. The Hall–Kier alpha value is -7.18. The molecule has 0 radical (unpaired) electrons. The van der Waals surface area contributed by atoms with E-state index in [1.165, 1.54) is 41.2 Å². The van der Waals surface area contributed by atoms with Gasteiger partial charge in [0.15, 0.2) is 5.78 Å². The summed E-state index contributed by atoms with van der Waals surface area (Å²) in [5.74, 6) is -0.558. The van der Waals surface area contributed by atoms with Crippen molar-refractivity contribution in [2.75, 3.05) is 44.4 Å². The van der Waals surface area contributed by atoms with E-state index in [1.807, 2.05) is 55.9 Å². The number of aliphatic hydroxyl groups is 1. The SMILES string of the molecule is CC1CN(CC(O)[C@H](C)n2cc(CNC(=O)[C@H](Cc3ccc(C(=O)c4ccccc4)cc3)NC(=O)CCCCCNC(=O)CCCC[C@@H]3SC[C@@H]4NC(=O)N[C@@H]43)nn2)S(=O)(=O)c2ccccc2S(=O)(=O)c2cccc3c(N(C)C)c1ccc23. The number of aromatic nitrogens is 3. The van der Waals surface area contributed by atoms with Crippen molar-refractivity contribution >= 4 is 77.6 Å². The van der Waals surface area contributed by atoms with Gasteiger partial charge in [0.2, 0.25) is 37.6 Å². The van der Waals surface area contributed by atoms with Crippen LogP contribution in [-0.2, 0) is 47.2 Å². The van der Waals surface area contributed by atoms with E-state index in [0.29, 0.717) is 70.6 Å². The van der Waals surface area contributed by atoms with E-state index < -0.39 is 61.3 Å². The summed E-state index contributed by atoms with van der Waals surface area (Å²) in [6, 6.07) is 28.2. The maximum atomic E-state index is 14.9. The molecule has 5 aromatic carbocycles. The molecule has 0 aliphatic carbocycles. The molecule has 5 heterocycles. The molecule has 6 N–H and O–H groups in total. The van der Waals surface area contributed by atoms with E-state index in [1.54, 1.807) is 67.6 Å². The molecule has 2 unspecified atom stereocenters. The van der Waals surface area contributed by atoms with Crippen molar-refractivity contribution in [3.05, 3.63) is 143 Å². The van der Waals surface area contributed by atoms with Gasteiger partial charge in [0.05, 0.1) is 46.8 Å². The van der Waals surface area contributed by atoms with Gasteiger partial charge >= 0.3 is 6.03 Å². The molecule has 2 saturated heterocycles. The average molecular weight is 1190 g/mol. The predicted octanol–water partition coefficient (Wildman–Crippen LogP) is 6.04. The van der Waals surface area contributed by atoms with Gasteiger partial charge in [0.1, 0.15) is 16.6 Å². The van der Waals surface area contributed by atoms with Crippen LogP contribution < -0.4 is 31.5 Å². The lowest BCUT2D eigenvalue weighted by Gasteiger charge is -2.32. The van der Waals surface area contributed by atoms with Crippen molar-refractivity contribution < 1.29 is 45.9 Å². The Labute approximate surface area is 488 Å². The number of amides is 5. The summed E-state index contributed by atoms with van der Waals surface area (Å²) in [5, 5.41) is 36.6. The molecule has 4 bridgehead atoms. The third-order valence-corrected chi connectivity index (χ3v) is 21.1. The number of thioether (sulfide) groups is 1. The van der Waals surface area contributed by atoms with Crippen LogP contribution in [0.5, 0.6) is 0 Å². The van der Waals surface area contributed by atoms with Crippen molar-refractivity contribution in [1.82, 2.24) is 45.9 Å². The third-order valence-electron chi connectivity index (χ3n) is 15.7. The Morgan fingerprint density at radius 3 is 2.24 bits per heavy atom. The molecule has 0 spiro atoms. The lowest BCUT2D eigenvalue weighted by molar-refractivity contribution is -0.129. The smallest absolute Gasteiger partial charge is 0.315 e. The summed E-state index contributed by atoms with van der Waals surface area (Å²) in [6.45, 7) is 3.34. The molecule has 23 heteroatoms. The van der Waals surface area contributed by atoms with E-state index in [4.69, 9.17) is 0 Å². The summed E-state index contributed by atoms with van der Waals surface area (Å²) in [4.78, 5) is 66.0. The summed E-state index contributed by atoms with van der Waals surface area (Å²) >= 11 is 1.86. The van der Waals surface area contributed by atoms with Crippen LogP contribution >= 0.6 is 11.8 Å². The molecule has 1 aromatic heterocycles. The molecule has 20 nitrogen and oxygen atoms in total. The predicted molar refractivity (Wildman–Crippen MR) is 317 cm³/mol. The number of hydrogen-bond acceptors (Lipinski definition) is 14. The quantitative estimate of drug-likeness (QED) is 0.0229. The largest absolute Gasteiger partial charge is 0.390 e. The molecular formula is C60H72N10O10S3. The first-order valence-electron chi connectivity index (χ1n) is 28.2. The standard InChI is InChI=1S/C60H72N10O10S3/c1-38-34-69(83(79,80)53-21-12-11-20-52(53)82(77,78)51-22-15-18-46-45(51)30-29-44(38)57(46)68(3)4)36-49(71)39(2)70-35-43(66-67-70)33-62-59(75)47(32-40-25-27-42(28-26-40)58(74)41-16-7-5-8-17-41)63-55(73)24-9-6-14-31-61-54(72)23-13-10-19-50-56-48(37-81-50)64-60(76)65-56/h5,7-8,11-12,15-18,20-22,25-30,35,38-39,47-50,56,71H,6,9-10,13-14,19,23-24,31-34,36-37H2,1-4H3,(H,61,72)(H,62,75)(H,63,73)(H2,64,65,76)/t38?,39-,47-,48-,49?,50-,56-/m0/s1. The topological polar surface area (TPSA) is 271 Å². The third kappa shape index (κ3) is 14.1. The normalized spacial score (nSPS) is 19.9. The first-order valence-corrected chi connectivity index (χ1v) is 32.1. The van der Waals surface area contributed by atoms with Crippen LogP contribution in [0, 0.1) is 0 Å². The van der Waals surface area contributed by atoms with Gasteiger partial charge in [-0.2, -0.15) is 16.1 Å². The second kappa shape index (κ2) is 26.6. The number of fused-ring (bicyclic) bond motifs is 5. The highest BCUT2D eigenvalue weighted by Gasteiger charge is 2.43. The number of aliphatic hydroxyl groups excluding tert-OH is 1. The van der Waals surface area contributed by atoms with Crippen molar-refractivity contribution in [3.63, 3.8) is 0 Å². The fourth-order valence-corrected chi connectivity index (χ4v) is 16.5. The van der Waals surface area contributed by atoms with E-state index in [0.717, 1.165) is 40.6 Å². The van der Waals surface area contributed by atoms with Crippen LogP contribution in [0.2, 0.25) is 0 Å². The van der Waals surface area contributed by atoms with Gasteiger partial charge < -0.3 is 36.6 Å². The number of urea groups is 1. The molecule has 10 rings (SSSR count). The Morgan fingerprint density at radius 2 is 1.48 bits per heavy atom. The summed E-state index contributed by atoms with van der Waals surface area (Å²) in [6.07, 6.45) is 5.23. The maximum absolute atomic E-state index is 14.9. The lowest BCUT2D eigenvalue weighted by Crippen LogP contribution is -2.47. The number of sulfone groups is 1. The van der Waals surface area contributed by atoms with E-state index in [2.05, 4.69) is 36.9 Å². The Kier molecular flexibility index (Phi) is 19.4. The molecule has 83 heavy (non-hydrogen) atoms. The zero-order valence-corrected chi connectivity index (χ0v) is 49.4. The van der Waals surface area contributed by atoms with Crippen LogP contribution in [0.15, 0.2) is 130 Å². The first-order chi connectivity index (χ1) is 39.8. The van der Waals surface area contributed by atoms with Crippen molar-refractivity contribution in [2.45, 2.75) is 134 Å². The fourth-order valence-electron chi connectivity index (χ4n) is 11.1. The lowest BCUT2D eigenvalue weighted by atomic mass is 9.94. The minimum Gasteiger partial charge on any atom is -0.390 e. The molecule has 5 amide bonds. The first kappa shape index (κ1) is 60.4. The molecule has 4 aliphatic rings. The van der Waals surface area contributed by atoms with Crippen LogP contribution in [0.1, 0.15) is 110 Å². The van der Waals surface area contributed by atoms with Crippen molar-refractivity contribution in [2.24, 2.45) is 0 Å². The summed E-state index contributed by atoms with van der Waals surface area (Å²) < 4.78 is 61.3. The van der Waals surface area contributed by atoms with Crippen LogP contribution in [0.4, 0.5) is 10.5 Å². The van der Waals surface area contributed by atoms with Gasteiger partial charge in [0, 0.05) is 91.6 Å². The number of nitrogens with zero attached hydrogens (tertiary/aromatic N) is 5. The Balaban J connectivity index is 0.818. The number of carbonyl (C=O) groups is 5. The molecular weight excluding hydrogens is 1120 g/mol. The van der Waals surface area contributed by atoms with Crippen LogP contribution in [0.3, 0.4) is 0 Å². The number of carbonyl (C=O) groups excluding carboxylic acids is 5. The second-order valence-corrected chi connectivity index (χ2v) is 26.9. The molecule has 4 aliphatic heterocycles. The highest BCUT2D eigenvalue weighted by atomic mass is 32.2. The second-order valence-electron chi connectivity index (χ2n) is 21.9. The molecule has 6 aromatic rings. The minimum absolute atomic E-state index is 0.0213. The minimum atomic E-state index is -4.59. The van der Waals surface area contributed by atoms with Gasteiger partial charge in [-0.25, -0.2) is 26.3 Å². The monoisotopic (exact) mass is 1190 g/mol. The highest BCUT2D eigenvalue weighted by molar-refractivity contribution is 8.00. The number of sulfonamides is 1. The van der Waals surface area contributed by atoms with Gasteiger partial charge in [-0.3, -0.25) is 19.2 Å². The van der Waals surface area contributed by atoms with E-state index in [9.17, 15) is 45.9 Å². The van der Waals surface area contributed by atoms with Crippen LogP contribution in [0.25, 0.3) is 10.8 Å². The number of unbranched alkanes of at least 4 members (excludes halogenated alkanes) is 3. The fraction of sp³-hybridized carbons (Fsp3) is 0.417. The van der Waals surface area contributed by atoms with Gasteiger partial charge in [-0.05, 0) is 67.9 Å². The van der Waals surface area contributed by atoms with Gasteiger partial charge in [0.25, 0.3) is 0 Å². The summed E-state index contributed by atoms with van der Waals surface area (Å²) in [7, 11) is -5.29. The van der Waals surface area contributed by atoms with Gasteiger partial charge in [-0.1, -0.05) is 116 Å². The zero-order valence-electron chi connectivity index (χ0n) is 47.0.